The van der Waals surface area contributed by atoms with Crippen molar-refractivity contribution in [2.24, 2.45) is 0 Å². The number of nitrogens with one attached hydrogen (secondary N) is 2. The fourth-order valence-electron chi connectivity index (χ4n) is 3.22. The normalized spacial score (nSPS) is 16.2. The Balaban J connectivity index is 1.51. The molecule has 1 aliphatic heterocycles. The lowest BCUT2D eigenvalue weighted by molar-refractivity contribution is 0.204. The van der Waals surface area contributed by atoms with Crippen molar-refractivity contribution in [2.45, 2.75) is 32.4 Å². The molecule has 2 aromatic heterocycles. The van der Waals surface area contributed by atoms with E-state index in [9.17, 15) is 4.79 Å². The van der Waals surface area contributed by atoms with Crippen LogP contribution in [-0.4, -0.2) is 46.0 Å². The lowest BCUT2D eigenvalue weighted by atomic mass is 10.1. The molecular weight excluding hydrogens is 302 g/mol. The smallest absolute Gasteiger partial charge is 0.315 e. The third-order valence-electron chi connectivity index (χ3n) is 4.56. The summed E-state index contributed by atoms with van der Waals surface area (Å²) in [5.74, 6) is 0. The van der Waals surface area contributed by atoms with Crippen LogP contribution in [0.25, 0.3) is 5.65 Å². The van der Waals surface area contributed by atoms with Gasteiger partial charge in [-0.1, -0.05) is 12.1 Å². The average Bonchev–Trinajstić information content (AvgIpc) is 2.90. The first kappa shape index (κ1) is 16.5. The van der Waals surface area contributed by atoms with Crippen LogP contribution < -0.4 is 10.6 Å². The molecule has 0 atom stereocenters. The molecule has 3 rings (SSSR count). The molecule has 24 heavy (non-hydrogen) atoms. The van der Waals surface area contributed by atoms with Crippen LogP contribution >= 0.6 is 0 Å². The molecular formula is C18H25N5O. The van der Waals surface area contributed by atoms with Gasteiger partial charge in [0, 0.05) is 31.9 Å². The first-order chi connectivity index (χ1) is 11.7. The van der Waals surface area contributed by atoms with Crippen molar-refractivity contribution >= 4 is 11.7 Å². The Kier molecular flexibility index (Phi) is 5.15. The zero-order valence-electron chi connectivity index (χ0n) is 14.2. The molecule has 0 saturated carbocycles. The molecule has 0 unspecified atom stereocenters. The topological polar surface area (TPSA) is 61.7 Å². The zero-order chi connectivity index (χ0) is 16.9. The highest BCUT2D eigenvalue weighted by atomic mass is 16.2. The number of pyridine rings is 1. The molecule has 0 aliphatic carbocycles. The van der Waals surface area contributed by atoms with Crippen LogP contribution in [0.2, 0.25) is 0 Å². The molecule has 1 saturated heterocycles. The van der Waals surface area contributed by atoms with E-state index in [1.54, 1.807) is 0 Å². The van der Waals surface area contributed by atoms with Gasteiger partial charge in [0.2, 0.25) is 0 Å². The first-order valence-electron chi connectivity index (χ1n) is 8.47. The summed E-state index contributed by atoms with van der Waals surface area (Å²) in [4.78, 5) is 19.0. The average molecular weight is 327 g/mol. The van der Waals surface area contributed by atoms with E-state index >= 15 is 0 Å². The van der Waals surface area contributed by atoms with Gasteiger partial charge >= 0.3 is 6.03 Å². The first-order valence-corrected chi connectivity index (χ1v) is 8.47. The molecule has 128 valence electrons. The quantitative estimate of drug-likeness (QED) is 0.827. The maximum Gasteiger partial charge on any atom is 0.315 e. The summed E-state index contributed by atoms with van der Waals surface area (Å²) in [5, 5.41) is 6.04. The van der Waals surface area contributed by atoms with Gasteiger partial charge in [-0.15, -0.1) is 6.58 Å². The third-order valence-corrected chi connectivity index (χ3v) is 4.56. The Bertz CT molecular complexity index is 715. The lowest BCUT2D eigenvalue weighted by Crippen LogP contribution is -2.47. The minimum atomic E-state index is -0.109. The third kappa shape index (κ3) is 3.76. The summed E-state index contributed by atoms with van der Waals surface area (Å²) in [7, 11) is 0. The standard InChI is InChI=1S/C18H25N5O/c1-3-9-22-11-7-15(8-12-22)21-18(24)19-13-16-14(2)20-17-6-4-5-10-23(16)17/h3-6,10,15H,1,7-9,11-13H2,2H3,(H2,19,21,24). The largest absolute Gasteiger partial charge is 0.335 e. The monoisotopic (exact) mass is 327 g/mol. The predicted molar refractivity (Wildman–Crippen MR) is 95.0 cm³/mol. The number of urea groups is 1. The second kappa shape index (κ2) is 7.49. The molecule has 6 heteroatoms. The number of carbonyl (C=O) groups is 1. The fourth-order valence-corrected chi connectivity index (χ4v) is 3.22. The van der Waals surface area contributed by atoms with Crippen LogP contribution in [0.4, 0.5) is 4.79 Å². The van der Waals surface area contributed by atoms with Gasteiger partial charge in [0.05, 0.1) is 17.9 Å². The van der Waals surface area contributed by atoms with Crippen LogP contribution in [0.1, 0.15) is 24.2 Å². The SMILES string of the molecule is C=CCN1CCC(NC(=O)NCc2c(C)nc3ccccn23)CC1. The number of nitrogens with zero attached hydrogens (tertiary/aromatic N) is 3. The molecule has 0 radical (unpaired) electrons. The van der Waals surface area contributed by atoms with Gasteiger partial charge in [-0.3, -0.25) is 4.90 Å². The Hall–Kier alpha value is -2.34. The lowest BCUT2D eigenvalue weighted by Gasteiger charge is -2.31. The number of aromatic nitrogens is 2. The van der Waals surface area contributed by atoms with E-state index in [1.165, 1.54) is 0 Å². The number of hydrogen-bond donors (Lipinski definition) is 2. The Morgan fingerprint density at radius 1 is 1.42 bits per heavy atom. The van der Waals surface area contributed by atoms with E-state index < -0.39 is 0 Å². The number of fused-ring (bicyclic) bond motifs is 1. The van der Waals surface area contributed by atoms with E-state index in [1.807, 2.05) is 41.8 Å². The van der Waals surface area contributed by atoms with Crippen molar-refractivity contribution in [3.8, 4) is 0 Å². The number of amides is 2. The summed E-state index contributed by atoms with van der Waals surface area (Å²) in [5.41, 5.74) is 2.86. The van der Waals surface area contributed by atoms with Crippen LogP contribution in [0.3, 0.4) is 0 Å². The van der Waals surface area contributed by atoms with E-state index in [4.69, 9.17) is 0 Å². The number of imidazole rings is 1. The van der Waals surface area contributed by atoms with Gasteiger partial charge in [-0.2, -0.15) is 0 Å². The molecule has 1 fully saturated rings. The predicted octanol–water partition coefficient (Wildman–Crippen LogP) is 2.09. The van der Waals surface area contributed by atoms with Gasteiger partial charge in [-0.05, 0) is 31.9 Å². The Labute approximate surface area is 142 Å². The Morgan fingerprint density at radius 2 is 2.21 bits per heavy atom. The molecule has 3 heterocycles. The zero-order valence-corrected chi connectivity index (χ0v) is 14.2. The molecule has 0 aromatic carbocycles. The van der Waals surface area contributed by atoms with Crippen LogP contribution in [0.15, 0.2) is 37.1 Å². The fraction of sp³-hybridized carbons (Fsp3) is 0.444. The van der Waals surface area contributed by atoms with Crippen LogP contribution in [0.5, 0.6) is 0 Å². The van der Waals surface area contributed by atoms with Crippen molar-refractivity contribution < 1.29 is 4.79 Å². The van der Waals surface area contributed by atoms with Gasteiger partial charge in [0.25, 0.3) is 0 Å². The molecule has 2 N–H and O–H groups in total. The Morgan fingerprint density at radius 3 is 2.96 bits per heavy atom. The van der Waals surface area contributed by atoms with E-state index in [2.05, 4.69) is 27.1 Å². The number of carbonyl (C=O) groups excluding carboxylic acids is 1. The number of piperidine rings is 1. The van der Waals surface area contributed by atoms with Crippen LogP contribution in [0, 0.1) is 6.92 Å². The summed E-state index contributed by atoms with van der Waals surface area (Å²) in [6.45, 7) is 9.14. The number of aryl methyl sites for hydroxylation is 1. The van der Waals surface area contributed by atoms with Crippen molar-refractivity contribution in [3.63, 3.8) is 0 Å². The highest BCUT2D eigenvalue weighted by Gasteiger charge is 2.20. The molecule has 1 aliphatic rings. The van der Waals surface area contributed by atoms with E-state index in [-0.39, 0.29) is 12.1 Å². The minimum Gasteiger partial charge on any atom is -0.335 e. The van der Waals surface area contributed by atoms with Gasteiger partial charge < -0.3 is 15.0 Å². The minimum absolute atomic E-state index is 0.109. The van der Waals surface area contributed by atoms with Crippen molar-refractivity contribution in [1.29, 1.82) is 0 Å². The van der Waals surface area contributed by atoms with Gasteiger partial charge in [0.15, 0.2) is 0 Å². The van der Waals surface area contributed by atoms with Gasteiger partial charge in [0.1, 0.15) is 5.65 Å². The second-order valence-electron chi connectivity index (χ2n) is 6.26. The summed E-state index contributed by atoms with van der Waals surface area (Å²) in [6.07, 6.45) is 5.87. The molecule has 6 nitrogen and oxygen atoms in total. The molecule has 2 aromatic rings. The maximum atomic E-state index is 12.2. The van der Waals surface area contributed by atoms with Crippen molar-refractivity contribution in [1.82, 2.24) is 24.9 Å². The number of rotatable bonds is 5. The van der Waals surface area contributed by atoms with Crippen molar-refractivity contribution in [3.05, 3.63) is 48.4 Å². The molecule has 0 bridgehead atoms. The summed E-state index contributed by atoms with van der Waals surface area (Å²) < 4.78 is 2.02. The molecule has 2 amide bonds. The number of hydrogen-bond acceptors (Lipinski definition) is 3. The van der Waals surface area contributed by atoms with Crippen molar-refractivity contribution in [2.75, 3.05) is 19.6 Å². The second-order valence-corrected chi connectivity index (χ2v) is 6.26. The van der Waals surface area contributed by atoms with Gasteiger partial charge in [-0.25, -0.2) is 9.78 Å². The summed E-state index contributed by atoms with van der Waals surface area (Å²) >= 11 is 0. The number of likely N-dealkylation sites (tertiary alicyclic amines) is 1. The van der Waals surface area contributed by atoms with Crippen LogP contribution in [-0.2, 0) is 6.54 Å². The van der Waals surface area contributed by atoms with E-state index in [0.717, 1.165) is 49.5 Å². The summed E-state index contributed by atoms with van der Waals surface area (Å²) in [6, 6.07) is 6.03. The highest BCUT2D eigenvalue weighted by molar-refractivity contribution is 5.74. The van der Waals surface area contributed by atoms with E-state index in [0.29, 0.717) is 6.54 Å². The maximum absolute atomic E-state index is 12.2. The molecule has 0 spiro atoms. The highest BCUT2D eigenvalue weighted by Crippen LogP contribution is 2.12.